The normalized spacial score (nSPS) is 18.9. The Kier molecular flexibility index (Phi) is 4.37. The van der Waals surface area contributed by atoms with E-state index in [9.17, 15) is 4.79 Å². The van der Waals surface area contributed by atoms with Crippen LogP contribution in [0.5, 0.6) is 0 Å². The molecule has 2 nitrogen and oxygen atoms in total. The van der Waals surface area contributed by atoms with Crippen LogP contribution in [0.25, 0.3) is 0 Å². The van der Waals surface area contributed by atoms with Crippen LogP contribution in [0.2, 0.25) is 0 Å². The van der Waals surface area contributed by atoms with Gasteiger partial charge in [-0.2, -0.15) is 0 Å². The van der Waals surface area contributed by atoms with Crippen molar-refractivity contribution in [3.63, 3.8) is 0 Å². The van der Waals surface area contributed by atoms with Gasteiger partial charge >= 0.3 is 5.97 Å². The van der Waals surface area contributed by atoms with Crippen LogP contribution < -0.4 is 0 Å². The molecular formula is C12H22O2. The molecule has 0 rings (SSSR count). The third kappa shape index (κ3) is 9.30. The van der Waals surface area contributed by atoms with Crippen molar-refractivity contribution >= 4 is 5.97 Å². The molecule has 0 radical (unpaired) electrons. The number of esters is 1. The van der Waals surface area contributed by atoms with Crippen LogP contribution in [-0.2, 0) is 9.53 Å². The summed E-state index contributed by atoms with van der Waals surface area (Å²) in [6.07, 6.45) is 5.03. The van der Waals surface area contributed by atoms with E-state index in [2.05, 4.69) is 0 Å². The lowest BCUT2D eigenvalue weighted by molar-refractivity contribution is -0.143. The average Bonchev–Trinajstić information content (AvgIpc) is 2.26. The Balaban J connectivity index is 3.50. The van der Waals surface area contributed by atoms with Gasteiger partial charge < -0.3 is 4.74 Å². The molecule has 0 spiro atoms. The van der Waals surface area contributed by atoms with Crippen LogP contribution in [0.1, 0.15) is 60.5 Å². The first-order valence-electron chi connectivity index (χ1n) is 7.91. The number of carbonyl (C=O) groups is 1. The predicted octanol–water partition coefficient (Wildman–Crippen LogP) is 3.47. The van der Waals surface area contributed by atoms with Crippen LogP contribution in [0.3, 0.4) is 0 Å². The van der Waals surface area contributed by atoms with Gasteiger partial charge in [0, 0.05) is 14.6 Å². The van der Waals surface area contributed by atoms with Gasteiger partial charge in [-0.15, -0.1) is 0 Å². The Morgan fingerprint density at radius 1 is 1.36 bits per heavy atom. The molecule has 0 aromatic rings. The summed E-state index contributed by atoms with van der Waals surface area (Å²) >= 11 is 0. The van der Waals surface area contributed by atoms with E-state index >= 15 is 0 Å². The smallest absolute Gasteiger partial charge is 0.305 e. The molecule has 0 aliphatic heterocycles. The summed E-state index contributed by atoms with van der Waals surface area (Å²) < 4.78 is 46.9. The van der Waals surface area contributed by atoms with E-state index in [4.69, 9.17) is 13.0 Å². The number of allylic oxidation sites excluding steroid dienone is 1. The molecule has 0 amide bonds. The summed E-state index contributed by atoms with van der Waals surface area (Å²) in [5.74, 6) is -0.347. The molecule has 0 unspecified atom stereocenters. The van der Waals surface area contributed by atoms with Gasteiger partial charge in [-0.1, -0.05) is 38.7 Å². The summed E-state index contributed by atoms with van der Waals surface area (Å²) in [6.45, 7) is -3.68. The number of rotatable bonds is 8. The lowest BCUT2D eigenvalue weighted by Crippen LogP contribution is -2.04. The van der Waals surface area contributed by atoms with Gasteiger partial charge in [0.25, 0.3) is 0 Å². The average molecular weight is 204 g/mol. The second-order valence-electron chi connectivity index (χ2n) is 2.89. The lowest BCUT2D eigenvalue weighted by atomic mass is 10.2. The van der Waals surface area contributed by atoms with Crippen molar-refractivity contribution in [3.05, 3.63) is 12.2 Å². The summed E-state index contributed by atoms with van der Waals surface area (Å²) in [4.78, 5) is 11.3. The molecule has 82 valence electrons. The SMILES string of the molecule is [2H]C([2H])([2H])C/C=C/CCOC(=O)CCCCC([2H])([2H])[2H]. The molecule has 0 aromatic carbocycles. The molecule has 0 bridgehead atoms. The highest BCUT2D eigenvalue weighted by Crippen LogP contribution is 2.00. The van der Waals surface area contributed by atoms with Gasteiger partial charge in [0.05, 0.1) is 6.61 Å². The maximum atomic E-state index is 11.3. The fourth-order valence-electron chi connectivity index (χ4n) is 0.908. The minimum atomic E-state index is -1.96. The first-order valence-corrected chi connectivity index (χ1v) is 4.91. The Hall–Kier alpha value is -0.790. The van der Waals surface area contributed by atoms with Crippen molar-refractivity contribution in [1.29, 1.82) is 0 Å². The molecule has 0 atom stereocenters. The number of hydrogen-bond acceptors (Lipinski definition) is 2. The van der Waals surface area contributed by atoms with Crippen molar-refractivity contribution in [3.8, 4) is 0 Å². The fraction of sp³-hybridized carbons (Fsp3) is 0.750. The van der Waals surface area contributed by atoms with Crippen molar-refractivity contribution in [2.45, 2.75) is 52.2 Å². The van der Waals surface area contributed by atoms with Crippen LogP contribution in [0.4, 0.5) is 0 Å². The predicted molar refractivity (Wildman–Crippen MR) is 59.1 cm³/mol. The topological polar surface area (TPSA) is 26.3 Å². The fourth-order valence-corrected chi connectivity index (χ4v) is 0.908. The number of unbranched alkanes of at least 4 members (excludes halogenated alkanes) is 1. The zero-order valence-electron chi connectivity index (χ0n) is 14.4. The Bertz CT molecular complexity index is 306. The second-order valence-corrected chi connectivity index (χ2v) is 2.89. The van der Waals surface area contributed by atoms with Gasteiger partial charge in [-0.3, -0.25) is 4.79 Å². The first-order chi connectivity index (χ1) is 9.10. The molecule has 0 heterocycles. The standard InChI is InChI=1S/C12H22O2/c1-3-5-7-9-11-14-12(13)10-8-6-4-2/h5,7H,3-4,6,8-11H2,1-2H3/b7-5+/i1D3,2D3. The van der Waals surface area contributed by atoms with E-state index < -0.39 is 13.7 Å². The lowest BCUT2D eigenvalue weighted by Gasteiger charge is -2.01. The third-order valence-corrected chi connectivity index (χ3v) is 1.64. The highest BCUT2D eigenvalue weighted by Gasteiger charge is 2.00. The van der Waals surface area contributed by atoms with E-state index in [0.717, 1.165) is 0 Å². The molecule has 0 N–H and O–H groups in total. The molecule has 2 heteroatoms. The second kappa shape index (κ2) is 10.3. The monoisotopic (exact) mass is 204 g/mol. The van der Waals surface area contributed by atoms with E-state index in [1.165, 1.54) is 0 Å². The van der Waals surface area contributed by atoms with Crippen LogP contribution in [-0.4, -0.2) is 12.6 Å². The highest BCUT2D eigenvalue weighted by atomic mass is 16.5. The highest BCUT2D eigenvalue weighted by molar-refractivity contribution is 5.69. The van der Waals surface area contributed by atoms with E-state index in [1.54, 1.807) is 12.2 Å². The van der Waals surface area contributed by atoms with Gasteiger partial charge in [0.1, 0.15) is 0 Å². The summed E-state index contributed by atoms with van der Waals surface area (Å²) in [5, 5.41) is 0. The summed E-state index contributed by atoms with van der Waals surface area (Å²) in [6, 6.07) is 0. The van der Waals surface area contributed by atoms with E-state index in [1.807, 2.05) is 0 Å². The Labute approximate surface area is 95.8 Å². The molecule has 0 aromatic heterocycles. The van der Waals surface area contributed by atoms with E-state index in [0.29, 0.717) is 19.3 Å². The number of ether oxygens (including phenoxy) is 1. The number of hydrogen-bond donors (Lipinski definition) is 0. The van der Waals surface area contributed by atoms with Crippen LogP contribution in [0, 0.1) is 0 Å². The molecule has 0 aliphatic rings. The van der Waals surface area contributed by atoms with Gasteiger partial charge in [-0.25, -0.2) is 0 Å². The Morgan fingerprint density at radius 2 is 2.29 bits per heavy atom. The maximum Gasteiger partial charge on any atom is 0.305 e. The van der Waals surface area contributed by atoms with E-state index in [-0.39, 0.29) is 31.8 Å². The van der Waals surface area contributed by atoms with Crippen molar-refractivity contribution < 1.29 is 17.8 Å². The molecule has 0 saturated carbocycles. The minimum absolute atomic E-state index is 0.00999. The molecule has 0 fully saturated rings. The zero-order chi connectivity index (χ0) is 15.6. The van der Waals surface area contributed by atoms with Crippen LogP contribution >= 0.6 is 0 Å². The zero-order valence-corrected chi connectivity index (χ0v) is 8.42. The largest absolute Gasteiger partial charge is 0.465 e. The molecular weight excluding hydrogens is 176 g/mol. The first kappa shape index (κ1) is 5.94. The molecule has 0 saturated heterocycles. The third-order valence-electron chi connectivity index (χ3n) is 1.64. The van der Waals surface area contributed by atoms with Crippen LogP contribution in [0.15, 0.2) is 12.2 Å². The minimum Gasteiger partial charge on any atom is -0.465 e. The summed E-state index contributed by atoms with van der Waals surface area (Å²) in [7, 11) is 0. The summed E-state index contributed by atoms with van der Waals surface area (Å²) in [5.41, 5.74) is 0. The van der Waals surface area contributed by atoms with Gasteiger partial charge in [0.15, 0.2) is 0 Å². The van der Waals surface area contributed by atoms with Crippen molar-refractivity contribution in [2.75, 3.05) is 6.61 Å². The van der Waals surface area contributed by atoms with Gasteiger partial charge in [-0.05, 0) is 19.3 Å². The number of carbonyl (C=O) groups excluding carboxylic acids is 1. The Morgan fingerprint density at radius 3 is 3.07 bits per heavy atom. The van der Waals surface area contributed by atoms with Crippen molar-refractivity contribution in [1.82, 2.24) is 0 Å². The molecule has 0 aliphatic carbocycles. The van der Waals surface area contributed by atoms with Crippen molar-refractivity contribution in [2.24, 2.45) is 0 Å². The molecule has 14 heavy (non-hydrogen) atoms. The maximum absolute atomic E-state index is 11.3. The quantitative estimate of drug-likeness (QED) is 0.344. The van der Waals surface area contributed by atoms with Gasteiger partial charge in [0.2, 0.25) is 0 Å².